The standard InChI is InChI=1S/C29H22N10O7S/c1-15-12-18(6-9-22(15)36-34-17-4-2-16(3-5-17)28(42)43)35-37-24-11-10-23(20-8-7-19(13-21(20)24)47(44,45)46)38-39-25-26(40)32-29(31-14-30)33-27(25)41/h2-13,25-26,40H,1H3,(H,42,43)(H,44,45,46)(H2,31,32,33,41). The van der Waals surface area contributed by atoms with Crippen LogP contribution in [-0.2, 0) is 14.9 Å². The van der Waals surface area contributed by atoms with Crippen LogP contribution in [0.2, 0.25) is 0 Å². The van der Waals surface area contributed by atoms with Gasteiger partial charge in [-0.05, 0) is 79.2 Å². The molecular weight excluding hydrogens is 632 g/mol. The van der Waals surface area contributed by atoms with Gasteiger partial charge < -0.3 is 10.2 Å². The van der Waals surface area contributed by atoms with Crippen molar-refractivity contribution in [1.82, 2.24) is 10.6 Å². The number of amides is 1. The van der Waals surface area contributed by atoms with Crippen molar-refractivity contribution < 1.29 is 32.8 Å². The second-order valence-corrected chi connectivity index (χ2v) is 11.2. The molecule has 0 bridgehead atoms. The molecule has 0 fully saturated rings. The summed E-state index contributed by atoms with van der Waals surface area (Å²) >= 11 is 0. The Morgan fingerprint density at radius 2 is 1.53 bits per heavy atom. The molecule has 1 amide bonds. The fraction of sp³-hybridized carbons (Fsp3) is 0.103. The fourth-order valence-electron chi connectivity index (χ4n) is 4.25. The number of nitriles is 1. The molecule has 0 radical (unpaired) electrons. The quantitative estimate of drug-likeness (QED) is 0.0717. The number of benzene rings is 4. The third-order valence-electron chi connectivity index (χ3n) is 6.60. The molecule has 0 saturated carbocycles. The number of azo groups is 3. The first-order valence-electron chi connectivity index (χ1n) is 13.4. The molecule has 18 heteroatoms. The maximum absolute atomic E-state index is 12.4. The molecule has 47 heavy (non-hydrogen) atoms. The van der Waals surface area contributed by atoms with Gasteiger partial charge in [-0.25, -0.2) is 9.79 Å². The number of carboxylic acid groups (broad SMARTS) is 1. The molecule has 1 aliphatic rings. The van der Waals surface area contributed by atoms with Crippen molar-refractivity contribution in [2.75, 3.05) is 0 Å². The predicted molar refractivity (Wildman–Crippen MR) is 165 cm³/mol. The smallest absolute Gasteiger partial charge is 0.335 e. The van der Waals surface area contributed by atoms with E-state index in [1.54, 1.807) is 31.3 Å². The molecule has 2 atom stereocenters. The van der Waals surface area contributed by atoms with Gasteiger partial charge in [0.15, 0.2) is 18.5 Å². The van der Waals surface area contributed by atoms with E-state index in [-0.39, 0.29) is 28.3 Å². The number of fused-ring (bicyclic) bond motifs is 1. The van der Waals surface area contributed by atoms with Crippen LogP contribution in [-0.4, -0.2) is 53.3 Å². The van der Waals surface area contributed by atoms with E-state index in [1.807, 2.05) is 0 Å². The molecule has 4 aromatic carbocycles. The highest BCUT2D eigenvalue weighted by atomic mass is 32.2. The molecule has 0 saturated heterocycles. The van der Waals surface area contributed by atoms with Crippen LogP contribution in [0.15, 0.2) is 113 Å². The second kappa shape index (κ2) is 13.4. The minimum absolute atomic E-state index is 0.129. The Morgan fingerprint density at radius 3 is 2.17 bits per heavy atom. The van der Waals surface area contributed by atoms with Crippen molar-refractivity contribution in [2.24, 2.45) is 35.7 Å². The largest absolute Gasteiger partial charge is 0.478 e. The first-order chi connectivity index (χ1) is 22.4. The van der Waals surface area contributed by atoms with Crippen LogP contribution < -0.4 is 10.6 Å². The van der Waals surface area contributed by atoms with Gasteiger partial charge in [0.05, 0.1) is 38.9 Å². The number of aryl methyl sites for hydroxylation is 1. The highest BCUT2D eigenvalue weighted by molar-refractivity contribution is 7.85. The number of aliphatic hydroxyl groups is 1. The summed E-state index contributed by atoms with van der Waals surface area (Å²) in [7, 11) is -4.59. The molecule has 0 aromatic heterocycles. The summed E-state index contributed by atoms with van der Waals surface area (Å²) < 4.78 is 33.4. The maximum atomic E-state index is 12.4. The molecule has 5 N–H and O–H groups in total. The number of hydrogen-bond acceptors (Lipinski definition) is 14. The summed E-state index contributed by atoms with van der Waals surface area (Å²) in [6.07, 6.45) is -0.0567. The van der Waals surface area contributed by atoms with Gasteiger partial charge in [-0.2, -0.15) is 39.3 Å². The summed E-state index contributed by atoms with van der Waals surface area (Å²) in [5, 5.41) is 57.7. The normalized spacial score (nSPS) is 16.8. The van der Waals surface area contributed by atoms with Gasteiger partial charge in [0, 0.05) is 10.8 Å². The van der Waals surface area contributed by atoms with Gasteiger partial charge >= 0.3 is 5.97 Å². The van der Waals surface area contributed by atoms with Gasteiger partial charge in [-0.15, -0.1) is 5.11 Å². The lowest BCUT2D eigenvalue weighted by molar-refractivity contribution is -0.124. The third-order valence-corrected chi connectivity index (χ3v) is 7.45. The number of rotatable bonds is 8. The average molecular weight is 655 g/mol. The second-order valence-electron chi connectivity index (χ2n) is 9.79. The number of nitrogens with one attached hydrogen (secondary N) is 2. The lowest BCUT2D eigenvalue weighted by Crippen LogP contribution is -2.52. The number of nitrogens with zero attached hydrogens (tertiary/aromatic N) is 8. The van der Waals surface area contributed by atoms with Crippen LogP contribution in [0.25, 0.3) is 10.8 Å². The van der Waals surface area contributed by atoms with E-state index in [0.29, 0.717) is 28.0 Å². The van der Waals surface area contributed by atoms with Crippen molar-refractivity contribution in [1.29, 1.82) is 5.26 Å². The van der Waals surface area contributed by atoms with E-state index < -0.39 is 39.2 Å². The molecule has 2 unspecified atom stereocenters. The Labute approximate surface area is 265 Å². The van der Waals surface area contributed by atoms with Gasteiger partial charge in [-0.3, -0.25) is 20.0 Å². The lowest BCUT2D eigenvalue weighted by Gasteiger charge is -2.21. The molecule has 4 aromatic rings. The van der Waals surface area contributed by atoms with Gasteiger partial charge in [0.1, 0.15) is 0 Å². The van der Waals surface area contributed by atoms with E-state index in [9.17, 15) is 27.7 Å². The Morgan fingerprint density at radius 1 is 0.894 bits per heavy atom. The van der Waals surface area contributed by atoms with Crippen LogP contribution >= 0.6 is 0 Å². The van der Waals surface area contributed by atoms with Gasteiger partial charge in [-0.1, -0.05) is 6.07 Å². The predicted octanol–water partition coefficient (Wildman–Crippen LogP) is 5.25. The van der Waals surface area contributed by atoms with E-state index >= 15 is 0 Å². The summed E-state index contributed by atoms with van der Waals surface area (Å²) in [6, 6.07) is 16.1. The third kappa shape index (κ3) is 7.51. The van der Waals surface area contributed by atoms with E-state index in [0.717, 1.165) is 6.07 Å². The number of aromatic carboxylic acids is 1. The Hall–Kier alpha value is -6.29. The summed E-state index contributed by atoms with van der Waals surface area (Å²) in [5.41, 5.74) is 2.64. The zero-order valence-corrected chi connectivity index (χ0v) is 24.9. The van der Waals surface area contributed by atoms with Crippen molar-refractivity contribution in [3.05, 3.63) is 83.9 Å². The first kappa shape index (κ1) is 32.1. The fourth-order valence-corrected chi connectivity index (χ4v) is 4.76. The molecule has 236 valence electrons. The van der Waals surface area contributed by atoms with Crippen molar-refractivity contribution in [3.8, 4) is 6.19 Å². The molecule has 1 heterocycles. The molecule has 5 rings (SSSR count). The molecule has 0 aliphatic carbocycles. The Balaban J connectivity index is 1.43. The van der Waals surface area contributed by atoms with Gasteiger partial charge in [0.25, 0.3) is 16.0 Å². The number of aliphatic hydroxyl groups excluding tert-OH is 1. The highest BCUT2D eigenvalue weighted by Crippen LogP contribution is 2.37. The molecule has 17 nitrogen and oxygen atoms in total. The van der Waals surface area contributed by atoms with E-state index in [4.69, 9.17) is 10.4 Å². The minimum atomic E-state index is -4.59. The zero-order valence-electron chi connectivity index (χ0n) is 24.0. The molecule has 1 aliphatic heterocycles. The topological polar surface area (TPSA) is 263 Å². The summed E-state index contributed by atoms with van der Waals surface area (Å²) in [5.74, 6) is -2.06. The van der Waals surface area contributed by atoms with Crippen LogP contribution in [0.1, 0.15) is 15.9 Å². The van der Waals surface area contributed by atoms with Crippen LogP contribution in [0, 0.1) is 18.4 Å². The van der Waals surface area contributed by atoms with Crippen molar-refractivity contribution in [2.45, 2.75) is 24.1 Å². The van der Waals surface area contributed by atoms with Gasteiger partial charge in [0.2, 0.25) is 5.96 Å². The van der Waals surface area contributed by atoms with Crippen molar-refractivity contribution >= 4 is 67.2 Å². The summed E-state index contributed by atoms with van der Waals surface area (Å²) in [4.78, 5) is 26.7. The van der Waals surface area contributed by atoms with Crippen molar-refractivity contribution in [3.63, 3.8) is 0 Å². The SMILES string of the molecule is Cc1cc(N=Nc2ccc(N=NC3C(=O)NC(NC#N)=NC3O)c3ccc(S(=O)(=O)O)cc23)ccc1N=Nc1ccc(C(=O)O)cc1. The number of hydrogen-bond donors (Lipinski definition) is 5. The molecule has 0 spiro atoms. The minimum Gasteiger partial charge on any atom is -0.478 e. The first-order valence-corrected chi connectivity index (χ1v) is 14.8. The lowest BCUT2D eigenvalue weighted by atomic mass is 10.1. The van der Waals surface area contributed by atoms with Crippen LogP contribution in [0.4, 0.5) is 28.4 Å². The maximum Gasteiger partial charge on any atom is 0.335 e. The highest BCUT2D eigenvalue weighted by Gasteiger charge is 2.32. The monoisotopic (exact) mass is 654 g/mol. The van der Waals surface area contributed by atoms with Crippen LogP contribution in [0.3, 0.4) is 0 Å². The Bertz CT molecular complexity index is 2180. The number of carboxylic acids is 1. The van der Waals surface area contributed by atoms with E-state index in [1.165, 1.54) is 48.5 Å². The average Bonchev–Trinajstić information content (AvgIpc) is 3.03. The zero-order chi connectivity index (χ0) is 33.7. The number of aliphatic imine (C=N–C) groups is 1. The van der Waals surface area contributed by atoms with Crippen LogP contribution in [0.5, 0.6) is 0 Å². The number of carbonyl (C=O) groups is 2. The Kier molecular flexibility index (Phi) is 9.14. The number of guanidine groups is 1. The summed E-state index contributed by atoms with van der Waals surface area (Å²) in [6.45, 7) is 1.78. The van der Waals surface area contributed by atoms with E-state index in [2.05, 4.69) is 46.3 Å². The molecular formula is C29H22N10O7S. The number of carbonyl (C=O) groups excluding carboxylic acids is 1.